The maximum absolute atomic E-state index is 13.2. The van der Waals surface area contributed by atoms with Crippen LogP contribution in [0.25, 0.3) is 11.1 Å². The molecule has 3 nitrogen and oxygen atoms in total. The van der Waals surface area contributed by atoms with E-state index in [1.807, 2.05) is 0 Å². The number of halogens is 3. The van der Waals surface area contributed by atoms with Crippen LogP contribution in [0, 0.1) is 11.6 Å². The molecule has 1 atom stereocenters. The van der Waals surface area contributed by atoms with Crippen molar-refractivity contribution in [1.29, 1.82) is 0 Å². The fourth-order valence-electron chi connectivity index (χ4n) is 2.03. The smallest absolute Gasteiger partial charge is 0.408 e. The van der Waals surface area contributed by atoms with E-state index < -0.39 is 22.2 Å². The molecule has 1 heterocycles. The number of aromatic nitrogens is 1. The van der Waals surface area contributed by atoms with Crippen LogP contribution in [-0.4, -0.2) is 4.98 Å². The molecule has 0 aliphatic heterocycles. The van der Waals surface area contributed by atoms with Crippen molar-refractivity contribution in [3.8, 4) is 0 Å². The second kappa shape index (κ2) is 4.86. The Kier molecular flexibility index (Phi) is 3.17. The highest BCUT2D eigenvalue weighted by Gasteiger charge is 2.14. The van der Waals surface area contributed by atoms with Crippen LogP contribution in [0.2, 0.25) is 0 Å². The van der Waals surface area contributed by atoms with Gasteiger partial charge in [-0.15, -0.1) is 0 Å². The summed E-state index contributed by atoms with van der Waals surface area (Å²) in [6.45, 7) is 0. The van der Waals surface area contributed by atoms with Crippen LogP contribution < -0.4 is 5.76 Å². The van der Waals surface area contributed by atoms with Crippen LogP contribution in [0.5, 0.6) is 0 Å². The lowest BCUT2D eigenvalue weighted by Crippen LogP contribution is -1.95. The number of hydrogen-bond donors (Lipinski definition) is 1. The SMILES string of the molecule is O=c1[nH]c2ccc(C(Br)c3cc(F)cc(F)c3)cc2o1. The zero-order valence-electron chi connectivity index (χ0n) is 9.99. The van der Waals surface area contributed by atoms with Crippen molar-refractivity contribution in [1.82, 2.24) is 4.98 Å². The summed E-state index contributed by atoms with van der Waals surface area (Å²) >= 11 is 3.39. The Labute approximate surface area is 120 Å². The lowest BCUT2D eigenvalue weighted by Gasteiger charge is -2.11. The van der Waals surface area contributed by atoms with E-state index >= 15 is 0 Å². The lowest BCUT2D eigenvalue weighted by atomic mass is 10.0. The summed E-state index contributed by atoms with van der Waals surface area (Å²) in [4.78, 5) is 13.2. The van der Waals surface area contributed by atoms with Crippen molar-refractivity contribution in [3.63, 3.8) is 0 Å². The Morgan fingerprint density at radius 3 is 2.45 bits per heavy atom. The third-order valence-corrected chi connectivity index (χ3v) is 3.97. The minimum Gasteiger partial charge on any atom is -0.408 e. The first kappa shape index (κ1) is 13.1. The highest BCUT2D eigenvalue weighted by atomic mass is 79.9. The van der Waals surface area contributed by atoms with Gasteiger partial charge in [0.15, 0.2) is 5.58 Å². The Hall–Kier alpha value is -1.95. The molecule has 2 aromatic carbocycles. The van der Waals surface area contributed by atoms with E-state index in [2.05, 4.69) is 20.9 Å². The first-order chi connectivity index (χ1) is 9.52. The van der Waals surface area contributed by atoms with Gasteiger partial charge in [0.2, 0.25) is 0 Å². The van der Waals surface area contributed by atoms with Gasteiger partial charge in [0.25, 0.3) is 0 Å². The van der Waals surface area contributed by atoms with Crippen molar-refractivity contribution in [3.05, 3.63) is 69.7 Å². The summed E-state index contributed by atoms with van der Waals surface area (Å²) in [7, 11) is 0. The average Bonchev–Trinajstić information content (AvgIpc) is 2.75. The molecule has 1 N–H and O–H groups in total. The summed E-state index contributed by atoms with van der Waals surface area (Å²) in [6.07, 6.45) is 0. The van der Waals surface area contributed by atoms with Crippen molar-refractivity contribution < 1.29 is 13.2 Å². The van der Waals surface area contributed by atoms with E-state index in [9.17, 15) is 13.6 Å². The molecule has 3 aromatic rings. The molecule has 0 aliphatic carbocycles. The second-order valence-corrected chi connectivity index (χ2v) is 5.25. The Bertz CT molecular complexity index is 820. The van der Waals surface area contributed by atoms with Crippen molar-refractivity contribution >= 4 is 27.0 Å². The Morgan fingerprint density at radius 2 is 1.75 bits per heavy atom. The molecule has 0 spiro atoms. The van der Waals surface area contributed by atoms with Gasteiger partial charge < -0.3 is 4.42 Å². The molecule has 0 amide bonds. The molecule has 0 fully saturated rings. The molecule has 102 valence electrons. The Balaban J connectivity index is 2.06. The van der Waals surface area contributed by atoms with Crippen LogP contribution in [-0.2, 0) is 0 Å². The fraction of sp³-hybridized carbons (Fsp3) is 0.0714. The first-order valence-corrected chi connectivity index (χ1v) is 6.67. The predicted octanol–water partition coefficient (Wildman–Crippen LogP) is 3.88. The molecule has 0 radical (unpaired) electrons. The molecule has 1 aromatic heterocycles. The van der Waals surface area contributed by atoms with Gasteiger partial charge >= 0.3 is 5.76 Å². The summed E-state index contributed by atoms with van der Waals surface area (Å²) < 4.78 is 31.4. The molecule has 20 heavy (non-hydrogen) atoms. The summed E-state index contributed by atoms with van der Waals surface area (Å²) in [5.41, 5.74) is 2.14. The summed E-state index contributed by atoms with van der Waals surface area (Å²) in [5, 5.41) is 0. The van der Waals surface area contributed by atoms with Gasteiger partial charge in [0.1, 0.15) is 11.6 Å². The van der Waals surface area contributed by atoms with Crippen LogP contribution in [0.1, 0.15) is 16.0 Å². The van der Waals surface area contributed by atoms with E-state index in [1.165, 1.54) is 12.1 Å². The van der Waals surface area contributed by atoms with Crippen molar-refractivity contribution in [2.75, 3.05) is 0 Å². The molecule has 6 heteroatoms. The third kappa shape index (κ3) is 2.38. The van der Waals surface area contributed by atoms with Gasteiger partial charge in [0, 0.05) is 6.07 Å². The fourth-order valence-corrected chi connectivity index (χ4v) is 2.58. The highest BCUT2D eigenvalue weighted by molar-refractivity contribution is 9.09. The normalized spacial score (nSPS) is 12.8. The number of aromatic amines is 1. The number of fused-ring (bicyclic) bond motifs is 1. The summed E-state index contributed by atoms with van der Waals surface area (Å²) in [5.74, 6) is -1.82. The van der Waals surface area contributed by atoms with E-state index in [0.29, 0.717) is 16.7 Å². The number of H-pyrrole nitrogens is 1. The highest BCUT2D eigenvalue weighted by Crippen LogP contribution is 2.32. The van der Waals surface area contributed by atoms with Crippen LogP contribution in [0.4, 0.5) is 8.78 Å². The van der Waals surface area contributed by atoms with Gasteiger partial charge in [0.05, 0.1) is 10.3 Å². The maximum Gasteiger partial charge on any atom is 0.417 e. The van der Waals surface area contributed by atoms with Gasteiger partial charge in [-0.25, -0.2) is 13.6 Å². The van der Waals surface area contributed by atoms with Gasteiger partial charge in [-0.3, -0.25) is 4.98 Å². The number of hydrogen-bond acceptors (Lipinski definition) is 2. The predicted molar refractivity (Wildman–Crippen MR) is 74.0 cm³/mol. The second-order valence-electron chi connectivity index (χ2n) is 4.34. The van der Waals surface area contributed by atoms with Crippen LogP contribution >= 0.6 is 15.9 Å². The van der Waals surface area contributed by atoms with Gasteiger partial charge in [-0.2, -0.15) is 0 Å². The average molecular weight is 340 g/mol. The molecule has 1 unspecified atom stereocenters. The number of oxazole rings is 1. The largest absolute Gasteiger partial charge is 0.417 e. The third-order valence-electron chi connectivity index (χ3n) is 2.92. The molecule has 0 saturated carbocycles. The zero-order chi connectivity index (χ0) is 14.3. The molecule has 3 rings (SSSR count). The Morgan fingerprint density at radius 1 is 1.05 bits per heavy atom. The van der Waals surface area contributed by atoms with E-state index in [0.717, 1.165) is 11.6 Å². The number of nitrogens with one attached hydrogen (secondary N) is 1. The standard InChI is InChI=1S/C14H8BrF2NO2/c15-13(8-3-9(16)6-10(17)4-8)7-1-2-11-12(5-7)20-14(19)18-11/h1-6,13H,(H,18,19). The maximum atomic E-state index is 13.2. The van der Waals surface area contributed by atoms with Crippen molar-refractivity contribution in [2.24, 2.45) is 0 Å². The minimum absolute atomic E-state index is 0.397. The molecule has 0 aliphatic rings. The topological polar surface area (TPSA) is 46.0 Å². The summed E-state index contributed by atoms with van der Waals surface area (Å²) in [6, 6.07) is 8.39. The van der Waals surface area contributed by atoms with Crippen LogP contribution in [0.3, 0.4) is 0 Å². The van der Waals surface area contributed by atoms with Gasteiger partial charge in [-0.1, -0.05) is 22.0 Å². The molecular weight excluding hydrogens is 332 g/mol. The minimum atomic E-state index is -0.640. The number of alkyl halides is 1. The van der Waals surface area contributed by atoms with Crippen LogP contribution in [0.15, 0.2) is 45.6 Å². The number of rotatable bonds is 2. The molecule has 0 bridgehead atoms. The van der Waals surface area contributed by atoms with E-state index in [4.69, 9.17) is 4.42 Å². The zero-order valence-corrected chi connectivity index (χ0v) is 11.6. The quantitative estimate of drug-likeness (QED) is 0.720. The number of benzene rings is 2. The molecular formula is C14H8BrF2NO2. The van der Waals surface area contributed by atoms with Crippen molar-refractivity contribution in [2.45, 2.75) is 4.83 Å². The van der Waals surface area contributed by atoms with E-state index in [-0.39, 0.29) is 0 Å². The monoisotopic (exact) mass is 339 g/mol. The lowest BCUT2D eigenvalue weighted by molar-refractivity contribution is 0.555. The van der Waals surface area contributed by atoms with Gasteiger partial charge in [-0.05, 0) is 35.4 Å². The first-order valence-electron chi connectivity index (χ1n) is 5.76. The van der Waals surface area contributed by atoms with E-state index in [1.54, 1.807) is 18.2 Å². The molecule has 0 saturated heterocycles.